The SMILES string of the molecule is CNc1ncc(Cc2cc(OC)cc(OC)c2)[nH]1. The topological polar surface area (TPSA) is 59.2 Å². The first kappa shape index (κ1) is 12.3. The van der Waals surface area contributed by atoms with Gasteiger partial charge in [0, 0.05) is 25.2 Å². The molecule has 0 radical (unpaired) electrons. The van der Waals surface area contributed by atoms with Crippen LogP contribution in [0.1, 0.15) is 11.3 Å². The molecule has 0 aliphatic carbocycles. The number of hydrogen-bond donors (Lipinski definition) is 2. The molecule has 1 aromatic heterocycles. The summed E-state index contributed by atoms with van der Waals surface area (Å²) >= 11 is 0. The zero-order valence-electron chi connectivity index (χ0n) is 10.8. The number of anilines is 1. The lowest BCUT2D eigenvalue weighted by atomic mass is 10.1. The summed E-state index contributed by atoms with van der Waals surface area (Å²) in [5, 5.41) is 2.96. The molecule has 2 aromatic rings. The Morgan fingerprint density at radius 1 is 1.17 bits per heavy atom. The lowest BCUT2D eigenvalue weighted by molar-refractivity contribution is 0.393. The predicted molar refractivity (Wildman–Crippen MR) is 70.5 cm³/mol. The molecule has 1 heterocycles. The van der Waals surface area contributed by atoms with E-state index in [1.807, 2.05) is 31.4 Å². The third-order valence-corrected chi connectivity index (χ3v) is 2.67. The van der Waals surface area contributed by atoms with Crippen LogP contribution in [0.2, 0.25) is 0 Å². The summed E-state index contributed by atoms with van der Waals surface area (Å²) in [5.41, 5.74) is 2.15. The summed E-state index contributed by atoms with van der Waals surface area (Å²) in [6.07, 6.45) is 2.57. The van der Waals surface area contributed by atoms with Crippen molar-refractivity contribution < 1.29 is 9.47 Å². The van der Waals surface area contributed by atoms with Gasteiger partial charge in [0.2, 0.25) is 0 Å². The standard InChI is InChI=1S/C13H17N3O2/c1-14-13-15-8-10(16-13)4-9-5-11(17-2)7-12(6-9)18-3/h5-8H,4H2,1-3H3,(H2,14,15,16). The third kappa shape index (κ3) is 2.74. The molecule has 0 aliphatic heterocycles. The molecule has 0 aliphatic rings. The number of aromatic amines is 1. The Bertz CT molecular complexity index is 500. The molecule has 0 saturated carbocycles. The molecule has 0 atom stereocenters. The van der Waals surface area contributed by atoms with Gasteiger partial charge in [-0.3, -0.25) is 0 Å². The number of methoxy groups -OCH3 is 2. The van der Waals surface area contributed by atoms with Gasteiger partial charge in [0.05, 0.1) is 20.4 Å². The van der Waals surface area contributed by atoms with Crippen LogP contribution in [-0.2, 0) is 6.42 Å². The zero-order valence-corrected chi connectivity index (χ0v) is 10.8. The second-order valence-electron chi connectivity index (χ2n) is 3.90. The average Bonchev–Trinajstić information content (AvgIpc) is 2.85. The van der Waals surface area contributed by atoms with Crippen molar-refractivity contribution in [3.63, 3.8) is 0 Å². The second kappa shape index (κ2) is 5.44. The molecule has 2 rings (SSSR count). The van der Waals surface area contributed by atoms with E-state index in [9.17, 15) is 0 Å². The molecule has 0 bridgehead atoms. The number of imidazole rings is 1. The molecule has 5 nitrogen and oxygen atoms in total. The summed E-state index contributed by atoms with van der Waals surface area (Å²) in [5.74, 6) is 2.34. The molecule has 0 amide bonds. The Hall–Kier alpha value is -2.17. The zero-order chi connectivity index (χ0) is 13.0. The summed E-state index contributed by atoms with van der Waals surface area (Å²) < 4.78 is 10.5. The van der Waals surface area contributed by atoms with Crippen LogP contribution in [0.4, 0.5) is 5.95 Å². The minimum Gasteiger partial charge on any atom is -0.497 e. The summed E-state index contributed by atoms with van der Waals surface area (Å²) in [6, 6.07) is 5.83. The van der Waals surface area contributed by atoms with Crippen LogP contribution in [0, 0.1) is 0 Å². The van der Waals surface area contributed by atoms with Crippen molar-refractivity contribution in [1.82, 2.24) is 9.97 Å². The molecule has 0 fully saturated rings. The number of hydrogen-bond acceptors (Lipinski definition) is 4. The van der Waals surface area contributed by atoms with Gasteiger partial charge >= 0.3 is 0 Å². The van der Waals surface area contributed by atoms with Gasteiger partial charge in [-0.05, 0) is 17.7 Å². The van der Waals surface area contributed by atoms with Gasteiger partial charge in [0.25, 0.3) is 0 Å². The molecular weight excluding hydrogens is 230 g/mol. The van der Waals surface area contributed by atoms with E-state index < -0.39 is 0 Å². The van der Waals surface area contributed by atoms with E-state index in [1.165, 1.54) is 0 Å². The van der Waals surface area contributed by atoms with Gasteiger partial charge in [0.15, 0.2) is 5.95 Å². The van der Waals surface area contributed by atoms with Gasteiger partial charge in [-0.15, -0.1) is 0 Å². The number of aromatic nitrogens is 2. The fourth-order valence-corrected chi connectivity index (χ4v) is 1.76. The maximum Gasteiger partial charge on any atom is 0.200 e. The summed E-state index contributed by atoms with van der Waals surface area (Å²) in [7, 11) is 5.12. The maximum absolute atomic E-state index is 5.24. The highest BCUT2D eigenvalue weighted by Gasteiger charge is 2.05. The number of nitrogens with zero attached hydrogens (tertiary/aromatic N) is 1. The minimum absolute atomic E-state index is 0.752. The molecule has 96 valence electrons. The summed E-state index contributed by atoms with van der Waals surface area (Å²) in [4.78, 5) is 7.37. The van der Waals surface area contributed by atoms with Crippen LogP contribution < -0.4 is 14.8 Å². The normalized spacial score (nSPS) is 10.2. The highest BCUT2D eigenvalue weighted by atomic mass is 16.5. The summed E-state index contributed by atoms with van der Waals surface area (Å²) in [6.45, 7) is 0. The quantitative estimate of drug-likeness (QED) is 0.849. The van der Waals surface area contributed by atoms with Crippen molar-refractivity contribution in [2.75, 3.05) is 26.6 Å². The van der Waals surface area contributed by atoms with Gasteiger partial charge in [-0.1, -0.05) is 0 Å². The molecule has 0 saturated heterocycles. The highest BCUT2D eigenvalue weighted by Crippen LogP contribution is 2.24. The van der Waals surface area contributed by atoms with Crippen LogP contribution in [0.3, 0.4) is 0 Å². The van der Waals surface area contributed by atoms with Gasteiger partial charge < -0.3 is 19.8 Å². The fourth-order valence-electron chi connectivity index (χ4n) is 1.76. The van der Waals surface area contributed by atoms with Crippen molar-refractivity contribution >= 4 is 5.95 Å². The average molecular weight is 247 g/mol. The van der Waals surface area contributed by atoms with Crippen LogP contribution in [0.15, 0.2) is 24.4 Å². The van der Waals surface area contributed by atoms with E-state index in [0.717, 1.165) is 35.1 Å². The number of benzene rings is 1. The fraction of sp³-hybridized carbons (Fsp3) is 0.308. The Morgan fingerprint density at radius 3 is 2.33 bits per heavy atom. The van der Waals surface area contributed by atoms with Crippen LogP contribution in [-0.4, -0.2) is 31.2 Å². The Balaban J connectivity index is 2.22. The predicted octanol–water partition coefficient (Wildman–Crippen LogP) is 2.06. The van der Waals surface area contributed by atoms with E-state index in [-0.39, 0.29) is 0 Å². The smallest absolute Gasteiger partial charge is 0.200 e. The number of nitrogens with one attached hydrogen (secondary N) is 2. The van der Waals surface area contributed by atoms with E-state index in [4.69, 9.17) is 9.47 Å². The minimum atomic E-state index is 0.752. The van der Waals surface area contributed by atoms with Crippen molar-refractivity contribution in [1.29, 1.82) is 0 Å². The van der Waals surface area contributed by atoms with Crippen molar-refractivity contribution in [2.24, 2.45) is 0 Å². The maximum atomic E-state index is 5.24. The first-order valence-electron chi connectivity index (χ1n) is 5.68. The van der Waals surface area contributed by atoms with E-state index in [0.29, 0.717) is 0 Å². The van der Waals surface area contributed by atoms with Gasteiger partial charge in [-0.25, -0.2) is 4.98 Å². The molecule has 1 aromatic carbocycles. The van der Waals surface area contributed by atoms with Crippen molar-refractivity contribution in [3.8, 4) is 11.5 Å². The lowest BCUT2D eigenvalue weighted by Crippen LogP contribution is -1.94. The lowest BCUT2D eigenvalue weighted by Gasteiger charge is -2.07. The molecule has 2 N–H and O–H groups in total. The second-order valence-corrected chi connectivity index (χ2v) is 3.90. The highest BCUT2D eigenvalue weighted by molar-refractivity contribution is 5.40. The van der Waals surface area contributed by atoms with Crippen LogP contribution in [0.5, 0.6) is 11.5 Å². The van der Waals surface area contributed by atoms with Crippen LogP contribution in [0.25, 0.3) is 0 Å². The van der Waals surface area contributed by atoms with Gasteiger partial charge in [-0.2, -0.15) is 0 Å². The Labute approximate surface area is 106 Å². The van der Waals surface area contributed by atoms with E-state index in [2.05, 4.69) is 15.3 Å². The van der Waals surface area contributed by atoms with Gasteiger partial charge in [0.1, 0.15) is 11.5 Å². The number of rotatable bonds is 5. The first-order chi connectivity index (χ1) is 8.75. The first-order valence-corrected chi connectivity index (χ1v) is 5.68. The Morgan fingerprint density at radius 2 is 1.83 bits per heavy atom. The largest absolute Gasteiger partial charge is 0.497 e. The third-order valence-electron chi connectivity index (χ3n) is 2.67. The molecule has 0 unspecified atom stereocenters. The number of ether oxygens (including phenoxy) is 2. The molecular formula is C13H17N3O2. The number of H-pyrrole nitrogens is 1. The monoisotopic (exact) mass is 247 g/mol. The van der Waals surface area contributed by atoms with Crippen molar-refractivity contribution in [3.05, 3.63) is 35.7 Å². The Kier molecular flexibility index (Phi) is 3.72. The van der Waals surface area contributed by atoms with Crippen LogP contribution >= 0.6 is 0 Å². The molecule has 18 heavy (non-hydrogen) atoms. The van der Waals surface area contributed by atoms with E-state index >= 15 is 0 Å². The van der Waals surface area contributed by atoms with Crippen molar-refractivity contribution in [2.45, 2.75) is 6.42 Å². The molecule has 0 spiro atoms. The molecule has 5 heteroatoms. The van der Waals surface area contributed by atoms with E-state index in [1.54, 1.807) is 14.2 Å².